The van der Waals surface area contributed by atoms with Crippen molar-refractivity contribution in [2.45, 2.75) is 55.8 Å². The van der Waals surface area contributed by atoms with Gasteiger partial charge in [0.05, 0.1) is 17.2 Å². The van der Waals surface area contributed by atoms with Crippen molar-refractivity contribution < 1.29 is 14.3 Å². The fourth-order valence-electron chi connectivity index (χ4n) is 3.79. The molecule has 1 saturated heterocycles. The van der Waals surface area contributed by atoms with Gasteiger partial charge >= 0.3 is 5.97 Å². The van der Waals surface area contributed by atoms with E-state index in [-0.39, 0.29) is 24.6 Å². The van der Waals surface area contributed by atoms with Crippen LogP contribution in [0.5, 0.6) is 0 Å². The number of thioether (sulfide) groups is 1. The molecule has 156 valence electrons. The smallest absolute Gasteiger partial charge is 0.339 e. The highest BCUT2D eigenvalue weighted by atomic mass is 32.2. The van der Waals surface area contributed by atoms with Gasteiger partial charge < -0.3 is 9.64 Å². The number of likely N-dealkylation sites (tertiary alicyclic amines) is 1. The molecule has 0 spiro atoms. The monoisotopic (exact) mass is 422 g/mol. The van der Waals surface area contributed by atoms with Gasteiger partial charge in [0.25, 0.3) is 5.91 Å². The molecule has 1 heterocycles. The van der Waals surface area contributed by atoms with Crippen molar-refractivity contribution in [3.05, 3.63) is 65.2 Å². The van der Waals surface area contributed by atoms with Gasteiger partial charge in [0.1, 0.15) is 0 Å². The van der Waals surface area contributed by atoms with Gasteiger partial charge in [0.2, 0.25) is 0 Å². The highest BCUT2D eigenvalue weighted by molar-refractivity contribution is 7.98. The number of benzene rings is 2. The number of carbonyl (C=O) groups excluding carboxylic acids is 2. The summed E-state index contributed by atoms with van der Waals surface area (Å²) < 4.78 is 5.38. The Morgan fingerprint density at radius 1 is 1.10 bits per heavy atom. The van der Waals surface area contributed by atoms with E-state index in [0.717, 1.165) is 29.7 Å². The van der Waals surface area contributed by atoms with Crippen molar-refractivity contribution in [1.82, 2.24) is 4.90 Å². The van der Waals surface area contributed by atoms with Crippen LogP contribution in [0.15, 0.2) is 53.4 Å². The minimum Gasteiger partial charge on any atom is -0.452 e. The van der Waals surface area contributed by atoms with E-state index < -0.39 is 5.97 Å². The first-order chi connectivity index (χ1) is 14.5. The minimum absolute atomic E-state index is 0.134. The van der Waals surface area contributed by atoms with E-state index in [9.17, 15) is 9.59 Å². The zero-order valence-corrected chi connectivity index (χ0v) is 18.2. The number of nitriles is 1. The molecule has 0 saturated carbocycles. The van der Waals surface area contributed by atoms with Crippen LogP contribution in [0, 0.1) is 11.3 Å². The van der Waals surface area contributed by atoms with Crippen LogP contribution in [0.3, 0.4) is 0 Å². The van der Waals surface area contributed by atoms with Gasteiger partial charge in [-0.05, 0) is 62.9 Å². The van der Waals surface area contributed by atoms with Crippen molar-refractivity contribution in [3.63, 3.8) is 0 Å². The van der Waals surface area contributed by atoms with Gasteiger partial charge in [-0.15, -0.1) is 11.8 Å². The number of amides is 1. The van der Waals surface area contributed by atoms with Crippen LogP contribution in [0.2, 0.25) is 0 Å². The molecule has 6 heteroatoms. The maximum Gasteiger partial charge on any atom is 0.339 e. The second-order valence-electron chi connectivity index (χ2n) is 7.60. The largest absolute Gasteiger partial charge is 0.452 e. The van der Waals surface area contributed by atoms with Crippen molar-refractivity contribution in [1.29, 1.82) is 5.26 Å². The molecule has 30 heavy (non-hydrogen) atoms. The summed E-state index contributed by atoms with van der Waals surface area (Å²) in [5.41, 5.74) is 2.14. The Kier molecular flexibility index (Phi) is 7.53. The maximum atomic E-state index is 12.7. The lowest BCUT2D eigenvalue weighted by Crippen LogP contribution is -2.49. The van der Waals surface area contributed by atoms with Gasteiger partial charge in [-0.1, -0.05) is 24.3 Å². The van der Waals surface area contributed by atoms with Crippen molar-refractivity contribution in [3.8, 4) is 6.07 Å². The molecule has 1 amide bonds. The summed E-state index contributed by atoms with van der Waals surface area (Å²) in [7, 11) is 0. The number of ether oxygens (including phenoxy) is 1. The van der Waals surface area contributed by atoms with Crippen LogP contribution in [0.4, 0.5) is 0 Å². The summed E-state index contributed by atoms with van der Waals surface area (Å²) in [4.78, 5) is 27.9. The predicted molar refractivity (Wildman–Crippen MR) is 117 cm³/mol. The maximum absolute atomic E-state index is 12.7. The molecule has 1 aliphatic rings. The molecular formula is C24H26N2O3S. The zero-order valence-electron chi connectivity index (χ0n) is 17.3. The van der Waals surface area contributed by atoms with Crippen molar-refractivity contribution in [2.75, 3.05) is 6.61 Å². The second-order valence-corrected chi connectivity index (χ2v) is 8.62. The number of carbonyl (C=O) groups is 2. The molecule has 2 aromatic rings. The molecule has 0 N–H and O–H groups in total. The van der Waals surface area contributed by atoms with E-state index in [0.29, 0.717) is 16.9 Å². The van der Waals surface area contributed by atoms with Gasteiger partial charge in [0.15, 0.2) is 6.61 Å². The molecule has 1 fully saturated rings. The molecule has 3 rings (SSSR count). The number of hydrogen-bond acceptors (Lipinski definition) is 5. The Hall–Kier alpha value is -2.78. The fraction of sp³-hybridized carbons (Fsp3) is 0.375. The first-order valence-corrected chi connectivity index (χ1v) is 11.2. The standard InChI is InChI=1S/C24H26N2O3S/c1-17-6-5-7-18(2)26(17)23(27)15-29-24(28)21-8-3-4-9-22(21)30-16-20-12-10-19(14-25)11-13-20/h3-4,8-13,17-18H,5-7,15-16H2,1-2H3/t17-,18-/m0/s1. The lowest BCUT2D eigenvalue weighted by molar-refractivity contribution is -0.140. The third-order valence-electron chi connectivity index (χ3n) is 5.39. The van der Waals surface area contributed by atoms with E-state index in [2.05, 4.69) is 6.07 Å². The Balaban J connectivity index is 1.60. The molecule has 2 atom stereocenters. The van der Waals surface area contributed by atoms with Gasteiger partial charge in [-0.3, -0.25) is 4.79 Å². The normalized spacial score (nSPS) is 18.5. The summed E-state index contributed by atoms with van der Waals surface area (Å²) in [5, 5.41) is 8.90. The zero-order chi connectivity index (χ0) is 21.5. The van der Waals surface area contributed by atoms with Crippen molar-refractivity contribution in [2.24, 2.45) is 0 Å². The van der Waals surface area contributed by atoms with E-state index in [1.807, 2.05) is 43.0 Å². The van der Waals surface area contributed by atoms with E-state index >= 15 is 0 Å². The van der Waals surface area contributed by atoms with Crippen LogP contribution in [0.25, 0.3) is 0 Å². The number of hydrogen-bond donors (Lipinski definition) is 0. The first kappa shape index (κ1) is 21.9. The van der Waals surface area contributed by atoms with E-state index in [4.69, 9.17) is 10.00 Å². The summed E-state index contributed by atoms with van der Waals surface area (Å²) in [6, 6.07) is 17.1. The van der Waals surface area contributed by atoms with Crippen LogP contribution in [-0.4, -0.2) is 35.5 Å². The molecule has 0 bridgehead atoms. The third-order valence-corrected chi connectivity index (χ3v) is 6.54. The van der Waals surface area contributed by atoms with E-state index in [1.54, 1.807) is 24.3 Å². The Morgan fingerprint density at radius 2 is 1.77 bits per heavy atom. The second kappa shape index (κ2) is 10.3. The Labute approximate surface area is 182 Å². The summed E-state index contributed by atoms with van der Waals surface area (Å²) in [6.07, 6.45) is 3.09. The topological polar surface area (TPSA) is 70.4 Å². The SMILES string of the molecule is C[C@H]1CCC[C@H](C)N1C(=O)COC(=O)c1ccccc1SCc1ccc(C#N)cc1. The molecular weight excluding hydrogens is 396 g/mol. The molecule has 5 nitrogen and oxygen atoms in total. The van der Waals surface area contributed by atoms with Crippen LogP contribution >= 0.6 is 11.8 Å². The van der Waals surface area contributed by atoms with Crippen molar-refractivity contribution >= 4 is 23.6 Å². The lowest BCUT2D eigenvalue weighted by atomic mass is 9.97. The Morgan fingerprint density at radius 3 is 2.43 bits per heavy atom. The number of esters is 1. The third kappa shape index (κ3) is 5.43. The average molecular weight is 423 g/mol. The Bertz CT molecular complexity index is 926. The molecule has 0 unspecified atom stereocenters. The van der Waals surface area contributed by atoms with Crippen LogP contribution in [0.1, 0.15) is 54.6 Å². The molecule has 0 radical (unpaired) electrons. The van der Waals surface area contributed by atoms with Gasteiger partial charge in [-0.2, -0.15) is 5.26 Å². The highest BCUT2D eigenvalue weighted by Crippen LogP contribution is 2.27. The first-order valence-electron chi connectivity index (χ1n) is 10.2. The number of nitrogens with zero attached hydrogens (tertiary/aromatic N) is 2. The number of rotatable bonds is 6. The van der Waals surface area contributed by atoms with E-state index in [1.165, 1.54) is 11.8 Å². The summed E-state index contributed by atoms with van der Waals surface area (Å²) >= 11 is 1.53. The predicted octanol–water partition coefficient (Wildman–Crippen LogP) is 4.80. The number of piperidine rings is 1. The van der Waals surface area contributed by atoms with Crippen LogP contribution in [-0.2, 0) is 15.3 Å². The molecule has 0 aliphatic carbocycles. The summed E-state index contributed by atoms with van der Waals surface area (Å²) in [6.45, 7) is 3.86. The fourth-order valence-corrected chi connectivity index (χ4v) is 4.79. The van der Waals surface area contributed by atoms with Gasteiger partial charge in [-0.25, -0.2) is 4.79 Å². The van der Waals surface area contributed by atoms with Crippen LogP contribution < -0.4 is 0 Å². The minimum atomic E-state index is -0.483. The molecule has 1 aliphatic heterocycles. The molecule has 2 aromatic carbocycles. The average Bonchev–Trinajstić information content (AvgIpc) is 2.76. The highest BCUT2D eigenvalue weighted by Gasteiger charge is 2.29. The quantitative estimate of drug-likeness (QED) is 0.494. The molecule has 0 aromatic heterocycles. The summed E-state index contributed by atoms with van der Waals surface area (Å²) in [5.74, 6) is 0.0481. The van der Waals surface area contributed by atoms with Gasteiger partial charge in [0, 0.05) is 22.7 Å². The lowest BCUT2D eigenvalue weighted by Gasteiger charge is -2.38.